The summed E-state index contributed by atoms with van der Waals surface area (Å²) in [6.07, 6.45) is 1.63. The Labute approximate surface area is 81.8 Å². The molecule has 12 heavy (non-hydrogen) atoms. The largest absolute Gasteiger partial charge is 0.393 e. The average molecular weight is 200 g/mol. The quantitative estimate of drug-likeness (QED) is 0.757. The SMILES string of the molecule is CCc1nc(CC(N)=S)sc1C. The van der Waals surface area contributed by atoms with E-state index in [2.05, 4.69) is 18.8 Å². The van der Waals surface area contributed by atoms with Crippen LogP contribution in [0.5, 0.6) is 0 Å². The number of hydrogen-bond donors (Lipinski definition) is 1. The van der Waals surface area contributed by atoms with Crippen LogP contribution < -0.4 is 5.73 Å². The second-order valence-electron chi connectivity index (χ2n) is 2.61. The van der Waals surface area contributed by atoms with Crippen molar-refractivity contribution < 1.29 is 0 Å². The van der Waals surface area contributed by atoms with Gasteiger partial charge in [0.25, 0.3) is 0 Å². The summed E-state index contributed by atoms with van der Waals surface area (Å²) in [6, 6.07) is 0. The third-order valence-electron chi connectivity index (χ3n) is 1.60. The summed E-state index contributed by atoms with van der Waals surface area (Å²) in [5.74, 6) is 0. The van der Waals surface area contributed by atoms with Gasteiger partial charge in [-0.05, 0) is 13.3 Å². The van der Waals surface area contributed by atoms with E-state index >= 15 is 0 Å². The Kier molecular flexibility index (Phi) is 3.17. The van der Waals surface area contributed by atoms with Crippen LogP contribution >= 0.6 is 23.6 Å². The Bertz CT molecular complexity index is 291. The van der Waals surface area contributed by atoms with Gasteiger partial charge in [0.05, 0.1) is 15.7 Å². The molecule has 0 aliphatic heterocycles. The highest BCUT2D eigenvalue weighted by atomic mass is 32.1. The molecule has 0 saturated heterocycles. The van der Waals surface area contributed by atoms with E-state index in [-0.39, 0.29) is 0 Å². The molecule has 0 fully saturated rings. The number of hydrogen-bond acceptors (Lipinski definition) is 3. The third-order valence-corrected chi connectivity index (χ3v) is 2.75. The van der Waals surface area contributed by atoms with Crippen LogP contribution in [0.2, 0.25) is 0 Å². The fraction of sp³-hybridized carbons (Fsp3) is 0.500. The molecule has 0 amide bonds. The summed E-state index contributed by atoms with van der Waals surface area (Å²) in [5, 5.41) is 1.04. The zero-order valence-electron chi connectivity index (χ0n) is 7.26. The lowest BCUT2D eigenvalue weighted by Crippen LogP contribution is -2.10. The van der Waals surface area contributed by atoms with Crippen molar-refractivity contribution in [2.24, 2.45) is 5.73 Å². The minimum Gasteiger partial charge on any atom is -0.393 e. The van der Waals surface area contributed by atoms with Crippen LogP contribution in [0.25, 0.3) is 0 Å². The Hall–Kier alpha value is -0.480. The Morgan fingerprint density at radius 3 is 2.75 bits per heavy atom. The molecule has 4 heteroatoms. The zero-order chi connectivity index (χ0) is 9.14. The molecule has 1 aromatic heterocycles. The first kappa shape index (κ1) is 9.61. The molecule has 0 aliphatic carbocycles. The smallest absolute Gasteiger partial charge is 0.0998 e. The van der Waals surface area contributed by atoms with Gasteiger partial charge in [-0.2, -0.15) is 0 Å². The predicted octanol–water partition coefficient (Wildman–Crippen LogP) is 1.84. The van der Waals surface area contributed by atoms with Gasteiger partial charge in [-0.3, -0.25) is 0 Å². The molecule has 66 valence electrons. The van der Waals surface area contributed by atoms with Gasteiger partial charge in [-0.25, -0.2) is 4.98 Å². The van der Waals surface area contributed by atoms with Gasteiger partial charge in [0.15, 0.2) is 0 Å². The first-order chi connectivity index (χ1) is 5.63. The van der Waals surface area contributed by atoms with Crippen molar-refractivity contribution in [2.75, 3.05) is 0 Å². The van der Waals surface area contributed by atoms with Crippen molar-refractivity contribution in [1.82, 2.24) is 4.98 Å². The maximum Gasteiger partial charge on any atom is 0.0998 e. The monoisotopic (exact) mass is 200 g/mol. The number of thiocarbonyl (C=S) groups is 1. The van der Waals surface area contributed by atoms with Gasteiger partial charge in [-0.15, -0.1) is 11.3 Å². The lowest BCUT2D eigenvalue weighted by atomic mass is 10.3. The van der Waals surface area contributed by atoms with Crippen molar-refractivity contribution in [1.29, 1.82) is 0 Å². The average Bonchev–Trinajstić information content (AvgIpc) is 2.29. The van der Waals surface area contributed by atoms with E-state index in [9.17, 15) is 0 Å². The fourth-order valence-corrected chi connectivity index (χ4v) is 2.31. The summed E-state index contributed by atoms with van der Waals surface area (Å²) >= 11 is 6.50. The Morgan fingerprint density at radius 2 is 2.33 bits per heavy atom. The molecule has 2 N–H and O–H groups in total. The number of nitrogens with zero attached hydrogens (tertiary/aromatic N) is 1. The Morgan fingerprint density at radius 1 is 1.67 bits per heavy atom. The van der Waals surface area contributed by atoms with E-state index in [1.54, 1.807) is 11.3 Å². The lowest BCUT2D eigenvalue weighted by molar-refractivity contribution is 1.02. The number of aromatic nitrogens is 1. The van der Waals surface area contributed by atoms with Crippen LogP contribution in [0, 0.1) is 6.92 Å². The molecule has 2 nitrogen and oxygen atoms in total. The molecule has 0 radical (unpaired) electrons. The molecule has 1 aromatic rings. The first-order valence-electron chi connectivity index (χ1n) is 3.87. The second-order valence-corrected chi connectivity index (χ2v) is 4.42. The zero-order valence-corrected chi connectivity index (χ0v) is 8.89. The van der Waals surface area contributed by atoms with Crippen LogP contribution in [0.1, 0.15) is 22.5 Å². The second kappa shape index (κ2) is 3.96. The molecule has 0 atom stereocenters. The van der Waals surface area contributed by atoms with E-state index in [1.807, 2.05) is 0 Å². The standard InChI is InChI=1S/C8H12N2S2/c1-3-6-5(2)12-8(10-6)4-7(9)11/h3-4H2,1-2H3,(H2,9,11). The third kappa shape index (κ3) is 2.25. The molecule has 0 saturated carbocycles. The van der Waals surface area contributed by atoms with Gasteiger partial charge < -0.3 is 5.73 Å². The minimum absolute atomic E-state index is 0.520. The van der Waals surface area contributed by atoms with Crippen molar-refractivity contribution in [3.63, 3.8) is 0 Å². The number of rotatable bonds is 3. The minimum atomic E-state index is 0.520. The first-order valence-corrected chi connectivity index (χ1v) is 5.09. The van der Waals surface area contributed by atoms with E-state index in [0.717, 1.165) is 11.4 Å². The Balaban J connectivity index is 2.82. The molecule has 0 unspecified atom stereocenters. The molecule has 0 bridgehead atoms. The number of nitrogens with two attached hydrogens (primary N) is 1. The van der Waals surface area contributed by atoms with E-state index in [1.165, 1.54) is 10.6 Å². The normalized spacial score (nSPS) is 10.2. The highest BCUT2D eigenvalue weighted by molar-refractivity contribution is 7.80. The maximum absolute atomic E-state index is 5.42. The van der Waals surface area contributed by atoms with Gasteiger partial charge >= 0.3 is 0 Å². The molecule has 0 aliphatic rings. The van der Waals surface area contributed by atoms with Crippen LogP contribution in [0.3, 0.4) is 0 Å². The molecule has 1 rings (SSSR count). The highest BCUT2D eigenvalue weighted by Crippen LogP contribution is 2.18. The molecule has 0 spiro atoms. The van der Waals surface area contributed by atoms with Crippen LogP contribution in [0.4, 0.5) is 0 Å². The van der Waals surface area contributed by atoms with Crippen LogP contribution in [-0.4, -0.2) is 9.97 Å². The molecular formula is C8H12N2S2. The van der Waals surface area contributed by atoms with Crippen molar-refractivity contribution >= 4 is 28.5 Å². The van der Waals surface area contributed by atoms with Gasteiger partial charge in [0.1, 0.15) is 0 Å². The van der Waals surface area contributed by atoms with E-state index in [4.69, 9.17) is 18.0 Å². The fourth-order valence-electron chi connectivity index (χ4n) is 1.04. The summed E-state index contributed by atoms with van der Waals surface area (Å²) in [7, 11) is 0. The highest BCUT2D eigenvalue weighted by Gasteiger charge is 2.05. The summed E-state index contributed by atoms with van der Waals surface area (Å²) in [6.45, 7) is 4.19. The van der Waals surface area contributed by atoms with Gasteiger partial charge in [-0.1, -0.05) is 19.1 Å². The summed E-state index contributed by atoms with van der Waals surface area (Å²) in [5.41, 5.74) is 6.60. The van der Waals surface area contributed by atoms with E-state index in [0.29, 0.717) is 11.4 Å². The molecular weight excluding hydrogens is 188 g/mol. The van der Waals surface area contributed by atoms with Crippen molar-refractivity contribution in [2.45, 2.75) is 26.7 Å². The van der Waals surface area contributed by atoms with Crippen molar-refractivity contribution in [3.05, 3.63) is 15.6 Å². The summed E-state index contributed by atoms with van der Waals surface area (Å²) in [4.78, 5) is 6.22. The van der Waals surface area contributed by atoms with Crippen molar-refractivity contribution in [3.8, 4) is 0 Å². The summed E-state index contributed by atoms with van der Waals surface area (Å²) < 4.78 is 0. The lowest BCUT2D eigenvalue weighted by Gasteiger charge is -1.90. The molecule has 1 heterocycles. The van der Waals surface area contributed by atoms with Gasteiger partial charge in [0.2, 0.25) is 0 Å². The van der Waals surface area contributed by atoms with Crippen LogP contribution in [0.15, 0.2) is 0 Å². The predicted molar refractivity (Wildman–Crippen MR) is 56.7 cm³/mol. The molecule has 0 aromatic carbocycles. The topological polar surface area (TPSA) is 38.9 Å². The van der Waals surface area contributed by atoms with Crippen LogP contribution in [-0.2, 0) is 12.8 Å². The van der Waals surface area contributed by atoms with Gasteiger partial charge in [0, 0.05) is 11.3 Å². The van der Waals surface area contributed by atoms with E-state index < -0.39 is 0 Å². The number of aryl methyl sites for hydroxylation is 2. The maximum atomic E-state index is 5.42. The number of thiazole rings is 1.